The van der Waals surface area contributed by atoms with Crippen LogP contribution in [0.4, 0.5) is 10.2 Å². The van der Waals surface area contributed by atoms with Crippen LogP contribution in [0, 0.1) is 6.92 Å². The lowest BCUT2D eigenvalue weighted by Crippen LogP contribution is -2.07. The van der Waals surface area contributed by atoms with Gasteiger partial charge >= 0.3 is 0 Å². The molecule has 0 radical (unpaired) electrons. The maximum absolute atomic E-state index is 14.5. The van der Waals surface area contributed by atoms with Gasteiger partial charge in [0.15, 0.2) is 11.3 Å². The number of aromatic nitrogens is 2. The second-order valence-corrected chi connectivity index (χ2v) is 4.65. The number of benzene rings is 1. The van der Waals surface area contributed by atoms with Crippen molar-refractivity contribution in [1.82, 2.24) is 9.97 Å². The third-order valence-corrected chi connectivity index (χ3v) is 3.26. The lowest BCUT2D eigenvalue weighted by atomic mass is 10.0. The Morgan fingerprint density at radius 1 is 1.22 bits per heavy atom. The van der Waals surface area contributed by atoms with Crippen LogP contribution in [0.1, 0.15) is 23.0 Å². The van der Waals surface area contributed by atoms with Crippen LogP contribution in [0.5, 0.6) is 0 Å². The minimum atomic E-state index is -1.28. The third kappa shape index (κ3) is 2.46. The molecule has 0 saturated carbocycles. The Morgan fingerprint density at radius 2 is 1.89 bits per heavy atom. The molecule has 1 aromatic carbocycles. The number of nitrogens with two attached hydrogens (primary N) is 1. The highest BCUT2D eigenvalue weighted by molar-refractivity contribution is 7.98. The molecule has 2 N–H and O–H groups in total. The van der Waals surface area contributed by atoms with Gasteiger partial charge in [0.05, 0.1) is 5.69 Å². The topological polar surface area (TPSA) is 51.8 Å². The van der Waals surface area contributed by atoms with E-state index in [1.54, 1.807) is 31.2 Å². The molecular formula is C13H14FN3S. The van der Waals surface area contributed by atoms with Crippen molar-refractivity contribution < 1.29 is 4.39 Å². The van der Waals surface area contributed by atoms with Gasteiger partial charge < -0.3 is 5.73 Å². The van der Waals surface area contributed by atoms with Gasteiger partial charge in [-0.15, -0.1) is 0 Å². The van der Waals surface area contributed by atoms with Gasteiger partial charge in [0.2, 0.25) is 0 Å². The van der Waals surface area contributed by atoms with Crippen molar-refractivity contribution in [2.24, 2.45) is 0 Å². The summed E-state index contributed by atoms with van der Waals surface area (Å²) in [5, 5.41) is 0.492. The van der Waals surface area contributed by atoms with Gasteiger partial charge in [0.1, 0.15) is 5.82 Å². The Balaban J connectivity index is 2.47. The lowest BCUT2D eigenvalue weighted by molar-refractivity contribution is 0.389. The van der Waals surface area contributed by atoms with E-state index in [2.05, 4.69) is 9.97 Å². The number of rotatable bonds is 3. The first-order valence-electron chi connectivity index (χ1n) is 5.50. The van der Waals surface area contributed by atoms with Gasteiger partial charge in [-0.2, -0.15) is 0 Å². The summed E-state index contributed by atoms with van der Waals surface area (Å²) >= 11 is 1.35. The van der Waals surface area contributed by atoms with Crippen LogP contribution in [-0.4, -0.2) is 16.2 Å². The van der Waals surface area contributed by atoms with Crippen molar-refractivity contribution in [2.45, 2.75) is 18.3 Å². The van der Waals surface area contributed by atoms with Crippen LogP contribution >= 0.6 is 11.8 Å². The fourth-order valence-corrected chi connectivity index (χ4v) is 2.03. The van der Waals surface area contributed by atoms with Crippen molar-refractivity contribution in [3.63, 3.8) is 0 Å². The maximum atomic E-state index is 14.5. The predicted molar refractivity (Wildman–Crippen MR) is 72.4 cm³/mol. The number of hydrogen-bond acceptors (Lipinski definition) is 4. The Hall–Kier alpha value is -1.62. The fraction of sp³-hybridized carbons (Fsp3) is 0.231. The molecule has 2 aromatic rings. The van der Waals surface area contributed by atoms with Crippen molar-refractivity contribution >= 4 is 17.6 Å². The van der Waals surface area contributed by atoms with Crippen LogP contribution in [0.2, 0.25) is 0 Å². The molecule has 0 saturated heterocycles. The summed E-state index contributed by atoms with van der Waals surface area (Å²) in [5.74, 6) is 0.336. The molecule has 0 bridgehead atoms. The summed E-state index contributed by atoms with van der Waals surface area (Å²) in [5.41, 5.74) is 7.30. The van der Waals surface area contributed by atoms with E-state index in [1.165, 1.54) is 11.8 Å². The minimum Gasteiger partial charge on any atom is -0.383 e. The molecule has 1 atom stereocenters. The molecule has 0 aliphatic carbocycles. The van der Waals surface area contributed by atoms with Gasteiger partial charge in [-0.3, -0.25) is 0 Å². The van der Waals surface area contributed by atoms with Gasteiger partial charge in [-0.05, 0) is 18.7 Å². The molecule has 0 spiro atoms. The summed E-state index contributed by atoms with van der Waals surface area (Å²) in [6.07, 6.45) is 0.561. The van der Waals surface area contributed by atoms with Gasteiger partial charge in [-0.1, -0.05) is 42.1 Å². The standard InChI is InChI=1S/C13H14FN3S/c1-8-11(16-13(18-2)17-12(8)15)10(14)9-6-4-3-5-7-9/h3-7,10H,1-2H3,(H2,15,16,17). The summed E-state index contributed by atoms with van der Waals surface area (Å²) in [6.45, 7) is 1.74. The quantitative estimate of drug-likeness (QED) is 0.682. The molecule has 18 heavy (non-hydrogen) atoms. The summed E-state index contributed by atoms with van der Waals surface area (Å²) in [4.78, 5) is 8.32. The van der Waals surface area contributed by atoms with E-state index >= 15 is 0 Å². The van der Waals surface area contributed by atoms with E-state index in [0.29, 0.717) is 27.8 Å². The number of halogens is 1. The smallest absolute Gasteiger partial charge is 0.189 e. The highest BCUT2D eigenvalue weighted by Gasteiger charge is 2.19. The van der Waals surface area contributed by atoms with E-state index in [4.69, 9.17) is 5.73 Å². The zero-order valence-corrected chi connectivity index (χ0v) is 11.0. The predicted octanol–water partition coefficient (Wildman–Crippen LogP) is 3.15. The fourth-order valence-electron chi connectivity index (χ4n) is 1.65. The molecule has 2 rings (SSSR count). The largest absolute Gasteiger partial charge is 0.383 e. The molecule has 1 unspecified atom stereocenters. The summed E-state index contributed by atoms with van der Waals surface area (Å²) in [7, 11) is 0. The van der Waals surface area contributed by atoms with E-state index < -0.39 is 6.17 Å². The highest BCUT2D eigenvalue weighted by Crippen LogP contribution is 2.29. The van der Waals surface area contributed by atoms with E-state index in [0.717, 1.165) is 0 Å². The van der Waals surface area contributed by atoms with E-state index in [9.17, 15) is 4.39 Å². The molecule has 1 aromatic heterocycles. The summed E-state index contributed by atoms with van der Waals surface area (Å²) in [6, 6.07) is 8.93. The molecule has 3 nitrogen and oxygen atoms in total. The van der Waals surface area contributed by atoms with Crippen LogP contribution in [-0.2, 0) is 0 Å². The first-order valence-corrected chi connectivity index (χ1v) is 6.73. The zero-order chi connectivity index (χ0) is 13.1. The van der Waals surface area contributed by atoms with Crippen LogP contribution in [0.25, 0.3) is 0 Å². The second kappa shape index (κ2) is 5.35. The van der Waals surface area contributed by atoms with Gasteiger partial charge in [0.25, 0.3) is 0 Å². The first-order chi connectivity index (χ1) is 8.63. The van der Waals surface area contributed by atoms with Crippen molar-refractivity contribution in [3.05, 3.63) is 47.2 Å². The molecule has 94 valence electrons. The third-order valence-electron chi connectivity index (χ3n) is 2.72. The molecular weight excluding hydrogens is 249 g/mol. The van der Waals surface area contributed by atoms with Crippen molar-refractivity contribution in [1.29, 1.82) is 0 Å². The lowest BCUT2D eigenvalue weighted by Gasteiger charge is -2.13. The Kier molecular flexibility index (Phi) is 3.81. The average molecular weight is 263 g/mol. The van der Waals surface area contributed by atoms with Crippen LogP contribution in [0.15, 0.2) is 35.5 Å². The molecule has 0 amide bonds. The monoisotopic (exact) mass is 263 g/mol. The molecule has 5 heteroatoms. The van der Waals surface area contributed by atoms with Crippen molar-refractivity contribution in [3.8, 4) is 0 Å². The molecule has 0 aliphatic rings. The maximum Gasteiger partial charge on any atom is 0.189 e. The van der Waals surface area contributed by atoms with Crippen molar-refractivity contribution in [2.75, 3.05) is 12.0 Å². The number of thioether (sulfide) groups is 1. The number of nitrogens with zero attached hydrogens (tertiary/aromatic N) is 2. The van der Waals surface area contributed by atoms with Crippen LogP contribution < -0.4 is 5.73 Å². The number of anilines is 1. The summed E-state index contributed by atoms with van der Waals surface area (Å²) < 4.78 is 14.5. The normalized spacial score (nSPS) is 12.4. The average Bonchev–Trinajstić information content (AvgIpc) is 2.42. The van der Waals surface area contributed by atoms with E-state index in [-0.39, 0.29) is 0 Å². The minimum absolute atomic E-state index is 0.336. The molecule has 0 aliphatic heterocycles. The van der Waals surface area contributed by atoms with Gasteiger partial charge in [-0.25, -0.2) is 14.4 Å². The Bertz CT molecular complexity index is 545. The Labute approximate surface area is 110 Å². The first kappa shape index (κ1) is 12.8. The molecule has 1 heterocycles. The second-order valence-electron chi connectivity index (χ2n) is 3.88. The van der Waals surface area contributed by atoms with E-state index in [1.807, 2.05) is 12.3 Å². The number of nitrogen functional groups attached to an aromatic ring is 1. The van der Waals surface area contributed by atoms with Gasteiger partial charge in [0, 0.05) is 5.56 Å². The molecule has 0 fully saturated rings. The number of hydrogen-bond donors (Lipinski definition) is 1. The highest BCUT2D eigenvalue weighted by atomic mass is 32.2. The zero-order valence-electron chi connectivity index (χ0n) is 10.2. The Morgan fingerprint density at radius 3 is 2.50 bits per heavy atom. The van der Waals surface area contributed by atoms with Crippen LogP contribution in [0.3, 0.4) is 0 Å². The number of alkyl halides is 1. The SMILES string of the molecule is CSc1nc(N)c(C)c(C(F)c2ccccc2)n1.